The van der Waals surface area contributed by atoms with Crippen molar-refractivity contribution in [2.45, 2.75) is 13.0 Å². The van der Waals surface area contributed by atoms with E-state index in [1.54, 1.807) is 7.11 Å². The van der Waals surface area contributed by atoms with Crippen LogP contribution >= 0.6 is 0 Å². The van der Waals surface area contributed by atoms with E-state index in [4.69, 9.17) is 13.9 Å². The van der Waals surface area contributed by atoms with Gasteiger partial charge in [0, 0.05) is 5.39 Å². The number of methoxy groups -OCH3 is 1. The Bertz CT molecular complexity index is 842. The summed E-state index contributed by atoms with van der Waals surface area (Å²) in [5.41, 5.74) is 0.807. The van der Waals surface area contributed by atoms with Gasteiger partial charge < -0.3 is 24.5 Å². The number of nitrogens with one attached hydrogen (secondary N) is 2. The van der Waals surface area contributed by atoms with Crippen LogP contribution in [-0.4, -0.2) is 26.3 Å². The van der Waals surface area contributed by atoms with Gasteiger partial charge in [-0.25, -0.2) is 4.79 Å². The molecule has 0 aliphatic rings. The molecule has 3 rings (SSSR count). The number of hydrogen-bond donors (Lipinski definition) is 2. The van der Waals surface area contributed by atoms with E-state index in [1.807, 2.05) is 61.5 Å². The van der Waals surface area contributed by atoms with Crippen molar-refractivity contribution in [2.75, 3.05) is 20.3 Å². The maximum absolute atomic E-state index is 12.0. The second-order valence-electron chi connectivity index (χ2n) is 5.81. The smallest absolute Gasteiger partial charge is 0.315 e. The molecule has 26 heavy (non-hydrogen) atoms. The Hall–Kier alpha value is -3.15. The molecule has 1 heterocycles. The standard InChI is InChI=1S/C20H22N2O4/c1-14(19-13-15-7-3-4-8-16(15)26-19)22-20(23)21-11-12-25-18-10-6-5-9-17(18)24-2/h3-10,13-14H,11-12H2,1-2H3,(H2,21,22,23)/t14-/m1/s1. The number of para-hydroxylation sites is 3. The van der Waals surface area contributed by atoms with E-state index in [0.717, 1.165) is 11.0 Å². The van der Waals surface area contributed by atoms with Crippen molar-refractivity contribution in [3.63, 3.8) is 0 Å². The van der Waals surface area contributed by atoms with Gasteiger partial charge in [0.1, 0.15) is 18.0 Å². The molecule has 2 amide bonds. The number of rotatable bonds is 7. The van der Waals surface area contributed by atoms with Crippen LogP contribution < -0.4 is 20.1 Å². The van der Waals surface area contributed by atoms with E-state index in [-0.39, 0.29) is 12.1 Å². The first-order valence-corrected chi connectivity index (χ1v) is 8.46. The zero-order valence-corrected chi connectivity index (χ0v) is 14.8. The summed E-state index contributed by atoms with van der Waals surface area (Å²) < 4.78 is 16.6. The van der Waals surface area contributed by atoms with E-state index < -0.39 is 0 Å². The summed E-state index contributed by atoms with van der Waals surface area (Å²) >= 11 is 0. The second kappa shape index (κ2) is 8.29. The van der Waals surface area contributed by atoms with Crippen LogP contribution in [0.15, 0.2) is 59.0 Å². The highest BCUT2D eigenvalue weighted by molar-refractivity contribution is 5.78. The fourth-order valence-electron chi connectivity index (χ4n) is 2.60. The van der Waals surface area contributed by atoms with Crippen molar-refractivity contribution in [3.05, 3.63) is 60.4 Å². The van der Waals surface area contributed by atoms with Crippen molar-refractivity contribution >= 4 is 17.0 Å². The van der Waals surface area contributed by atoms with Gasteiger partial charge in [0.25, 0.3) is 0 Å². The van der Waals surface area contributed by atoms with Crippen LogP contribution in [0.1, 0.15) is 18.7 Å². The van der Waals surface area contributed by atoms with E-state index in [2.05, 4.69) is 10.6 Å². The van der Waals surface area contributed by atoms with Crippen LogP contribution in [0.5, 0.6) is 11.5 Å². The monoisotopic (exact) mass is 354 g/mol. The zero-order valence-electron chi connectivity index (χ0n) is 14.8. The van der Waals surface area contributed by atoms with Gasteiger partial charge in [0.2, 0.25) is 0 Å². The Morgan fingerprint density at radius 2 is 1.85 bits per heavy atom. The summed E-state index contributed by atoms with van der Waals surface area (Å²) in [6.45, 7) is 2.59. The number of hydrogen-bond acceptors (Lipinski definition) is 4. The molecule has 0 saturated heterocycles. The summed E-state index contributed by atoms with van der Waals surface area (Å²) in [5.74, 6) is 2.02. The number of benzene rings is 2. The zero-order chi connectivity index (χ0) is 18.4. The molecule has 1 atom stereocenters. The first-order valence-electron chi connectivity index (χ1n) is 8.46. The lowest BCUT2D eigenvalue weighted by molar-refractivity contribution is 0.231. The second-order valence-corrected chi connectivity index (χ2v) is 5.81. The Labute approximate surface area is 152 Å². The highest BCUT2D eigenvalue weighted by Crippen LogP contribution is 2.25. The van der Waals surface area contributed by atoms with Crippen LogP contribution in [0.25, 0.3) is 11.0 Å². The predicted molar refractivity (Wildman–Crippen MR) is 99.7 cm³/mol. The van der Waals surface area contributed by atoms with Crippen molar-refractivity contribution in [1.29, 1.82) is 0 Å². The average Bonchev–Trinajstić information content (AvgIpc) is 3.10. The number of carbonyl (C=O) groups excluding carboxylic acids is 1. The third-order valence-corrected chi connectivity index (χ3v) is 3.93. The first kappa shape index (κ1) is 17.7. The van der Waals surface area contributed by atoms with E-state index in [0.29, 0.717) is 30.4 Å². The summed E-state index contributed by atoms with van der Waals surface area (Å²) in [7, 11) is 1.59. The van der Waals surface area contributed by atoms with Gasteiger partial charge in [-0.2, -0.15) is 0 Å². The molecule has 0 unspecified atom stereocenters. The molecule has 0 spiro atoms. The van der Waals surface area contributed by atoms with Crippen molar-refractivity contribution in [1.82, 2.24) is 10.6 Å². The molecule has 0 saturated carbocycles. The summed E-state index contributed by atoms with van der Waals surface area (Å²) in [4.78, 5) is 12.0. The number of ether oxygens (including phenoxy) is 2. The molecule has 6 heteroatoms. The molecular weight excluding hydrogens is 332 g/mol. The van der Waals surface area contributed by atoms with Crippen LogP contribution in [0.3, 0.4) is 0 Å². The number of furan rings is 1. The molecular formula is C20H22N2O4. The maximum atomic E-state index is 12.0. The van der Waals surface area contributed by atoms with Gasteiger partial charge in [-0.05, 0) is 31.2 Å². The van der Waals surface area contributed by atoms with Crippen molar-refractivity contribution in [3.8, 4) is 11.5 Å². The molecule has 136 valence electrons. The lowest BCUT2D eigenvalue weighted by Gasteiger charge is -2.13. The van der Waals surface area contributed by atoms with E-state index >= 15 is 0 Å². The minimum absolute atomic E-state index is 0.238. The number of fused-ring (bicyclic) bond motifs is 1. The molecule has 0 radical (unpaired) electrons. The van der Waals surface area contributed by atoms with Gasteiger partial charge >= 0.3 is 6.03 Å². The maximum Gasteiger partial charge on any atom is 0.315 e. The summed E-state index contributed by atoms with van der Waals surface area (Å²) in [6, 6.07) is 16.6. The Kier molecular flexibility index (Phi) is 5.63. The highest BCUT2D eigenvalue weighted by Gasteiger charge is 2.13. The van der Waals surface area contributed by atoms with E-state index in [9.17, 15) is 4.79 Å². The normalized spacial score (nSPS) is 11.8. The molecule has 2 N–H and O–H groups in total. The first-order chi connectivity index (χ1) is 12.7. The largest absolute Gasteiger partial charge is 0.493 e. The molecule has 1 aromatic heterocycles. The third-order valence-electron chi connectivity index (χ3n) is 3.93. The summed E-state index contributed by atoms with van der Waals surface area (Å²) in [5, 5.41) is 6.64. The third kappa shape index (κ3) is 4.27. The van der Waals surface area contributed by atoms with Crippen molar-refractivity contribution in [2.24, 2.45) is 0 Å². The van der Waals surface area contributed by atoms with Crippen LogP contribution in [-0.2, 0) is 0 Å². The molecule has 0 aliphatic carbocycles. The minimum atomic E-state index is -0.276. The van der Waals surface area contributed by atoms with Crippen molar-refractivity contribution < 1.29 is 18.7 Å². The minimum Gasteiger partial charge on any atom is -0.493 e. The molecule has 0 bridgehead atoms. The Morgan fingerprint density at radius 3 is 2.62 bits per heavy atom. The van der Waals surface area contributed by atoms with Gasteiger partial charge in [-0.15, -0.1) is 0 Å². The molecule has 0 fully saturated rings. The Balaban J connectivity index is 1.45. The number of carbonyl (C=O) groups is 1. The fourth-order valence-corrected chi connectivity index (χ4v) is 2.60. The SMILES string of the molecule is COc1ccccc1OCCNC(=O)N[C@H](C)c1cc2ccccc2o1. The van der Waals surface area contributed by atoms with Crippen LogP contribution in [0, 0.1) is 0 Å². The van der Waals surface area contributed by atoms with Crippen LogP contribution in [0.4, 0.5) is 4.79 Å². The van der Waals surface area contributed by atoms with Gasteiger partial charge in [-0.1, -0.05) is 30.3 Å². The lowest BCUT2D eigenvalue weighted by atomic mass is 10.2. The van der Waals surface area contributed by atoms with Gasteiger partial charge in [0.15, 0.2) is 11.5 Å². The molecule has 3 aromatic rings. The predicted octanol–water partition coefficient (Wildman–Crippen LogP) is 3.88. The molecule has 0 aliphatic heterocycles. The quantitative estimate of drug-likeness (QED) is 0.632. The van der Waals surface area contributed by atoms with Gasteiger partial charge in [0.05, 0.1) is 19.7 Å². The van der Waals surface area contributed by atoms with E-state index in [1.165, 1.54) is 0 Å². The summed E-state index contributed by atoms with van der Waals surface area (Å²) in [6.07, 6.45) is 0. The topological polar surface area (TPSA) is 72.7 Å². The van der Waals surface area contributed by atoms with Crippen LogP contribution in [0.2, 0.25) is 0 Å². The number of urea groups is 1. The number of amides is 2. The average molecular weight is 354 g/mol. The molecule has 6 nitrogen and oxygen atoms in total. The Morgan fingerprint density at radius 1 is 1.12 bits per heavy atom. The highest BCUT2D eigenvalue weighted by atomic mass is 16.5. The lowest BCUT2D eigenvalue weighted by Crippen LogP contribution is -2.38. The fraction of sp³-hybridized carbons (Fsp3) is 0.250. The van der Waals surface area contributed by atoms with Gasteiger partial charge in [-0.3, -0.25) is 0 Å². The molecule has 2 aromatic carbocycles.